The zero-order valence-electron chi connectivity index (χ0n) is 19.5. The minimum Gasteiger partial charge on any atom is -0.367 e. The van der Waals surface area contributed by atoms with Gasteiger partial charge in [0.25, 0.3) is 0 Å². The second-order valence-electron chi connectivity index (χ2n) is 9.95. The van der Waals surface area contributed by atoms with E-state index in [1.807, 2.05) is 31.3 Å². The number of H-pyrrole nitrogens is 1. The van der Waals surface area contributed by atoms with E-state index in [0.717, 1.165) is 66.5 Å². The molecule has 2 bridgehead atoms. The summed E-state index contributed by atoms with van der Waals surface area (Å²) in [6, 6.07) is 12.6. The summed E-state index contributed by atoms with van der Waals surface area (Å²) in [4.78, 5) is 14.7. The van der Waals surface area contributed by atoms with E-state index in [0.29, 0.717) is 30.6 Å². The van der Waals surface area contributed by atoms with Gasteiger partial charge in [0, 0.05) is 79.6 Å². The summed E-state index contributed by atoms with van der Waals surface area (Å²) in [5.74, 6) is 2.39. The normalized spacial score (nSPS) is 25.2. The fraction of sp³-hybridized carbons (Fsp3) is 0.520. The first-order valence-electron chi connectivity index (χ1n) is 12.3. The highest BCUT2D eigenvalue weighted by atomic mass is 15.4. The minimum absolute atomic E-state index is 0.405. The molecule has 34 heavy (non-hydrogen) atoms. The van der Waals surface area contributed by atoms with E-state index < -0.39 is 0 Å². The number of likely N-dealkylation sites (tertiary alicyclic amines) is 1. The molecular formula is C25H31N9. The van der Waals surface area contributed by atoms with Crippen LogP contribution in [0.1, 0.15) is 37.8 Å². The highest BCUT2D eigenvalue weighted by Crippen LogP contribution is 2.40. The summed E-state index contributed by atoms with van der Waals surface area (Å²) in [6.45, 7) is 5.13. The van der Waals surface area contributed by atoms with E-state index in [4.69, 9.17) is 10.2 Å². The van der Waals surface area contributed by atoms with E-state index in [9.17, 15) is 0 Å². The fourth-order valence-electron chi connectivity index (χ4n) is 6.11. The summed E-state index contributed by atoms with van der Waals surface area (Å²) in [6.07, 6.45) is 7.32. The maximum absolute atomic E-state index is 8.84. The molecule has 3 aliphatic heterocycles. The Bertz CT molecular complexity index is 1190. The van der Waals surface area contributed by atoms with Crippen molar-refractivity contribution in [3.63, 3.8) is 0 Å². The van der Waals surface area contributed by atoms with Gasteiger partial charge < -0.3 is 10.6 Å². The van der Waals surface area contributed by atoms with Crippen LogP contribution in [-0.4, -0.2) is 73.8 Å². The summed E-state index contributed by atoms with van der Waals surface area (Å²) < 4.78 is 0. The number of pyridine rings is 2. The summed E-state index contributed by atoms with van der Waals surface area (Å²) >= 11 is 0. The first-order chi connectivity index (χ1) is 16.7. The van der Waals surface area contributed by atoms with Crippen LogP contribution in [-0.2, 0) is 0 Å². The number of nitrogens with zero attached hydrogens (tertiary/aromatic N) is 6. The van der Waals surface area contributed by atoms with Crippen LogP contribution < -0.4 is 10.6 Å². The number of aromatic nitrogens is 4. The van der Waals surface area contributed by atoms with Gasteiger partial charge in [-0.2, -0.15) is 10.4 Å². The van der Waals surface area contributed by atoms with Crippen molar-refractivity contribution < 1.29 is 0 Å². The lowest BCUT2D eigenvalue weighted by Gasteiger charge is -2.51. The van der Waals surface area contributed by atoms with Crippen molar-refractivity contribution in [1.82, 2.24) is 30.0 Å². The molecule has 0 aromatic carbocycles. The van der Waals surface area contributed by atoms with Crippen molar-refractivity contribution in [2.75, 3.05) is 30.3 Å². The number of piperidine rings is 1. The molecule has 3 fully saturated rings. The molecule has 176 valence electrons. The van der Waals surface area contributed by atoms with Gasteiger partial charge in [-0.1, -0.05) is 0 Å². The highest BCUT2D eigenvalue weighted by molar-refractivity contribution is 5.91. The number of nitrogens with one attached hydrogen (secondary N) is 3. The van der Waals surface area contributed by atoms with Crippen molar-refractivity contribution in [1.29, 1.82) is 5.26 Å². The number of aryl methyl sites for hydroxylation is 1. The minimum atomic E-state index is 0.405. The standard InChI is InChI=1S/C25H31N9/c1-16-10-24(32-31-16)29-23-13-22-21(4-2-8-27-22)25(30-23)28-17-11-18-5-6-19(12-17)34(18)20-14-33(15-20)9-3-7-26/h2,4,8,10,13,17-20H,3,5-6,9,11-12,14-15H2,1H3,(H3,28,29,30,31,32)/t17-,18-,19?/m0/s1. The molecule has 6 rings (SSSR count). The maximum Gasteiger partial charge on any atom is 0.153 e. The highest BCUT2D eigenvalue weighted by Gasteiger charge is 2.46. The molecule has 6 heterocycles. The number of rotatable bonds is 7. The Morgan fingerprint density at radius 1 is 1.15 bits per heavy atom. The monoisotopic (exact) mass is 457 g/mol. The Hall–Kier alpha value is -3.22. The largest absolute Gasteiger partial charge is 0.367 e. The molecule has 3 N–H and O–H groups in total. The predicted octanol–water partition coefficient (Wildman–Crippen LogP) is 3.41. The Balaban J connectivity index is 1.17. The SMILES string of the molecule is Cc1cc(Nc2cc3ncccc3c(N[C@@H]3CC4CC[C@@H](C3)N4C3CN(CCC#N)C3)n2)n[nH]1. The smallest absolute Gasteiger partial charge is 0.153 e. The van der Waals surface area contributed by atoms with Crippen molar-refractivity contribution in [3.05, 3.63) is 36.2 Å². The average molecular weight is 458 g/mol. The van der Waals surface area contributed by atoms with Crippen LogP contribution in [0.3, 0.4) is 0 Å². The van der Waals surface area contributed by atoms with Gasteiger partial charge in [-0.3, -0.25) is 19.9 Å². The van der Waals surface area contributed by atoms with Crippen molar-refractivity contribution in [2.45, 2.75) is 63.2 Å². The second kappa shape index (κ2) is 8.85. The van der Waals surface area contributed by atoms with Crippen molar-refractivity contribution in [3.8, 4) is 6.07 Å². The molecule has 0 spiro atoms. The predicted molar refractivity (Wildman–Crippen MR) is 132 cm³/mol. The van der Waals surface area contributed by atoms with Crippen LogP contribution in [0.15, 0.2) is 30.5 Å². The van der Waals surface area contributed by atoms with E-state index in [1.165, 1.54) is 12.8 Å². The lowest BCUT2D eigenvalue weighted by atomic mass is 9.93. The Morgan fingerprint density at radius 3 is 2.71 bits per heavy atom. The summed E-state index contributed by atoms with van der Waals surface area (Å²) in [5, 5.41) is 24.2. The molecule has 9 nitrogen and oxygen atoms in total. The Morgan fingerprint density at radius 2 is 1.97 bits per heavy atom. The molecule has 0 saturated carbocycles. The molecule has 0 radical (unpaired) electrons. The van der Waals surface area contributed by atoms with E-state index >= 15 is 0 Å². The third-order valence-corrected chi connectivity index (χ3v) is 7.59. The van der Waals surface area contributed by atoms with Crippen LogP contribution in [0.5, 0.6) is 0 Å². The van der Waals surface area contributed by atoms with Gasteiger partial charge in [0.1, 0.15) is 11.6 Å². The third-order valence-electron chi connectivity index (χ3n) is 7.59. The lowest BCUT2D eigenvalue weighted by Crippen LogP contribution is -2.64. The third kappa shape index (κ3) is 4.08. The number of nitriles is 1. The maximum atomic E-state index is 8.84. The number of anilines is 3. The Kier molecular flexibility index (Phi) is 5.55. The molecule has 0 amide bonds. The summed E-state index contributed by atoms with van der Waals surface area (Å²) in [5.41, 5.74) is 1.92. The van der Waals surface area contributed by atoms with E-state index in [2.05, 4.69) is 47.8 Å². The molecule has 9 heteroatoms. The first-order valence-corrected chi connectivity index (χ1v) is 12.3. The van der Waals surface area contributed by atoms with E-state index in [-0.39, 0.29) is 0 Å². The molecule has 3 aliphatic rings. The van der Waals surface area contributed by atoms with Crippen LogP contribution in [0.25, 0.3) is 10.9 Å². The van der Waals surface area contributed by atoms with Gasteiger partial charge >= 0.3 is 0 Å². The number of aromatic amines is 1. The molecule has 0 aliphatic carbocycles. The first kappa shape index (κ1) is 21.3. The number of hydrogen-bond acceptors (Lipinski definition) is 8. The van der Waals surface area contributed by atoms with Crippen molar-refractivity contribution >= 4 is 28.4 Å². The molecule has 3 aromatic heterocycles. The number of fused-ring (bicyclic) bond motifs is 3. The van der Waals surface area contributed by atoms with Gasteiger partial charge in [0.2, 0.25) is 0 Å². The topological polar surface area (TPSA) is 109 Å². The van der Waals surface area contributed by atoms with Gasteiger partial charge in [-0.05, 0) is 44.7 Å². The van der Waals surface area contributed by atoms with Gasteiger partial charge in [-0.25, -0.2) is 4.98 Å². The second-order valence-corrected chi connectivity index (χ2v) is 9.95. The Labute approximate surface area is 199 Å². The summed E-state index contributed by atoms with van der Waals surface area (Å²) in [7, 11) is 0. The molecule has 3 aromatic rings. The van der Waals surface area contributed by atoms with Crippen molar-refractivity contribution in [2.24, 2.45) is 0 Å². The molecular weight excluding hydrogens is 426 g/mol. The number of hydrogen-bond donors (Lipinski definition) is 3. The molecule has 1 unspecified atom stereocenters. The zero-order valence-corrected chi connectivity index (χ0v) is 19.5. The zero-order chi connectivity index (χ0) is 23.1. The van der Waals surface area contributed by atoms with Crippen LogP contribution in [0, 0.1) is 18.3 Å². The molecule has 3 atom stereocenters. The van der Waals surface area contributed by atoms with Gasteiger partial charge in [-0.15, -0.1) is 0 Å². The lowest BCUT2D eigenvalue weighted by molar-refractivity contribution is -0.0136. The van der Waals surface area contributed by atoms with Crippen LogP contribution >= 0.6 is 0 Å². The van der Waals surface area contributed by atoms with E-state index in [1.54, 1.807) is 0 Å². The van der Waals surface area contributed by atoms with Crippen LogP contribution in [0.4, 0.5) is 17.5 Å². The quantitative estimate of drug-likeness (QED) is 0.495. The fourth-order valence-corrected chi connectivity index (χ4v) is 6.11. The van der Waals surface area contributed by atoms with Gasteiger partial charge in [0.15, 0.2) is 5.82 Å². The van der Waals surface area contributed by atoms with Gasteiger partial charge in [0.05, 0.1) is 11.6 Å². The average Bonchev–Trinajstić information content (AvgIpc) is 3.32. The molecule has 3 saturated heterocycles. The van der Waals surface area contributed by atoms with Crippen LogP contribution in [0.2, 0.25) is 0 Å².